The van der Waals surface area contributed by atoms with Gasteiger partial charge in [0.15, 0.2) is 0 Å². The van der Waals surface area contributed by atoms with Gasteiger partial charge in [0.2, 0.25) is 0 Å². The van der Waals surface area contributed by atoms with Gasteiger partial charge in [-0.3, -0.25) is 4.79 Å². The number of hydrogen-bond acceptors (Lipinski definition) is 3. The number of hydrogen-bond donors (Lipinski definition) is 2. The minimum Gasteiger partial charge on any atom is -0.388 e. The van der Waals surface area contributed by atoms with E-state index in [-0.39, 0.29) is 23.7 Å². The molecule has 2 N–H and O–H groups in total. The van der Waals surface area contributed by atoms with Gasteiger partial charge in [0.05, 0.1) is 22.8 Å². The molecule has 17 heavy (non-hydrogen) atoms. The van der Waals surface area contributed by atoms with E-state index in [1.807, 2.05) is 0 Å². The number of nitrogens with zero attached hydrogens (tertiary/aromatic N) is 1. The van der Waals surface area contributed by atoms with Gasteiger partial charge in [-0.2, -0.15) is 0 Å². The summed E-state index contributed by atoms with van der Waals surface area (Å²) >= 11 is 5.76. The van der Waals surface area contributed by atoms with Gasteiger partial charge < -0.3 is 15.1 Å². The van der Waals surface area contributed by atoms with Gasteiger partial charge in [-0.25, -0.2) is 4.39 Å². The third-order valence-corrected chi connectivity index (χ3v) is 3.02. The molecule has 1 saturated heterocycles. The molecule has 92 valence electrons. The maximum absolute atomic E-state index is 12.8. The van der Waals surface area contributed by atoms with E-state index in [4.69, 9.17) is 11.6 Å². The third kappa shape index (κ3) is 2.41. The Morgan fingerprint density at radius 2 is 1.94 bits per heavy atom. The van der Waals surface area contributed by atoms with Crippen molar-refractivity contribution in [3.63, 3.8) is 0 Å². The molecule has 1 aliphatic heterocycles. The van der Waals surface area contributed by atoms with Crippen LogP contribution in [0.1, 0.15) is 10.4 Å². The Labute approximate surface area is 102 Å². The summed E-state index contributed by atoms with van der Waals surface area (Å²) in [6.07, 6.45) is -1.89. The highest BCUT2D eigenvalue weighted by Crippen LogP contribution is 2.21. The number of halogens is 2. The molecule has 2 atom stereocenters. The van der Waals surface area contributed by atoms with Crippen molar-refractivity contribution < 1.29 is 19.4 Å². The van der Waals surface area contributed by atoms with Gasteiger partial charge in [-0.1, -0.05) is 11.6 Å². The third-order valence-electron chi connectivity index (χ3n) is 2.71. The van der Waals surface area contributed by atoms with Crippen molar-refractivity contribution in [2.75, 3.05) is 13.1 Å². The molecule has 1 heterocycles. The predicted octanol–water partition coefficient (Wildman–Crippen LogP) is 0.657. The number of aliphatic hydroxyl groups excluding tert-OH is 2. The zero-order valence-corrected chi connectivity index (χ0v) is 9.56. The summed E-state index contributed by atoms with van der Waals surface area (Å²) in [4.78, 5) is 13.3. The van der Waals surface area contributed by atoms with Crippen molar-refractivity contribution in [2.24, 2.45) is 0 Å². The monoisotopic (exact) mass is 259 g/mol. The summed E-state index contributed by atoms with van der Waals surface area (Å²) in [6, 6.07) is 3.48. The largest absolute Gasteiger partial charge is 0.388 e. The van der Waals surface area contributed by atoms with Gasteiger partial charge >= 0.3 is 0 Å². The molecular weight excluding hydrogens is 249 g/mol. The van der Waals surface area contributed by atoms with E-state index in [1.165, 1.54) is 11.0 Å². The van der Waals surface area contributed by atoms with Gasteiger partial charge in [0.1, 0.15) is 5.82 Å². The number of β-amino-alcohol motifs (C(OH)–C–C–N with tert-alkyl or cyclic N) is 2. The first-order chi connectivity index (χ1) is 7.99. The number of amides is 1. The van der Waals surface area contributed by atoms with Crippen molar-refractivity contribution in [1.29, 1.82) is 0 Å². The van der Waals surface area contributed by atoms with Crippen molar-refractivity contribution in [3.05, 3.63) is 34.6 Å². The number of likely N-dealkylation sites (tertiary alicyclic amines) is 1. The van der Waals surface area contributed by atoms with Crippen LogP contribution in [0.3, 0.4) is 0 Å². The molecule has 0 bridgehead atoms. The van der Waals surface area contributed by atoms with E-state index in [9.17, 15) is 19.4 Å². The van der Waals surface area contributed by atoms with Gasteiger partial charge in [-0.05, 0) is 18.2 Å². The summed E-state index contributed by atoms with van der Waals surface area (Å²) < 4.78 is 12.8. The summed E-state index contributed by atoms with van der Waals surface area (Å²) in [6.45, 7) is 0.0986. The smallest absolute Gasteiger partial charge is 0.255 e. The van der Waals surface area contributed by atoms with Crippen LogP contribution in [0.4, 0.5) is 4.39 Å². The Morgan fingerprint density at radius 1 is 1.35 bits per heavy atom. The molecule has 2 rings (SSSR count). The fourth-order valence-electron chi connectivity index (χ4n) is 1.77. The Bertz CT molecular complexity index is 444. The Balaban J connectivity index is 2.20. The van der Waals surface area contributed by atoms with Gasteiger partial charge in [-0.15, -0.1) is 0 Å². The minimum atomic E-state index is -0.946. The van der Waals surface area contributed by atoms with E-state index >= 15 is 0 Å². The molecule has 0 aliphatic carbocycles. The molecule has 4 nitrogen and oxygen atoms in total. The summed E-state index contributed by atoms with van der Waals surface area (Å²) in [5, 5.41) is 18.7. The highest BCUT2D eigenvalue weighted by atomic mass is 35.5. The number of benzene rings is 1. The molecule has 1 fully saturated rings. The molecule has 0 aromatic heterocycles. The van der Waals surface area contributed by atoms with Crippen molar-refractivity contribution in [2.45, 2.75) is 12.2 Å². The fourth-order valence-corrected chi connectivity index (χ4v) is 2.02. The standard InChI is InChI=1S/C11H11ClFNO3/c12-8-3-6(13)1-2-7(8)11(17)14-4-9(15)10(16)5-14/h1-3,9-10,15-16H,4-5H2. The molecule has 1 aromatic rings. The molecule has 1 aliphatic rings. The van der Waals surface area contributed by atoms with Gasteiger partial charge in [0.25, 0.3) is 5.91 Å². The van der Waals surface area contributed by atoms with E-state index in [0.717, 1.165) is 12.1 Å². The number of aliphatic hydroxyl groups is 2. The van der Waals surface area contributed by atoms with Crippen LogP contribution in [0.2, 0.25) is 5.02 Å². The summed E-state index contributed by atoms with van der Waals surface area (Å²) in [5.74, 6) is -0.946. The maximum atomic E-state index is 12.8. The first kappa shape index (κ1) is 12.3. The molecule has 6 heteroatoms. The average molecular weight is 260 g/mol. The minimum absolute atomic E-state index is 0.0193. The predicted molar refractivity (Wildman–Crippen MR) is 59.3 cm³/mol. The van der Waals surface area contributed by atoms with Crippen LogP contribution < -0.4 is 0 Å². The van der Waals surface area contributed by atoms with E-state index in [2.05, 4.69) is 0 Å². The van der Waals surface area contributed by atoms with E-state index in [1.54, 1.807) is 0 Å². The highest BCUT2D eigenvalue weighted by Gasteiger charge is 2.33. The summed E-state index contributed by atoms with van der Waals surface area (Å²) in [7, 11) is 0. The second-order valence-electron chi connectivity index (χ2n) is 3.97. The lowest BCUT2D eigenvalue weighted by Gasteiger charge is -2.16. The van der Waals surface area contributed by atoms with Crippen LogP contribution in [-0.4, -0.2) is 46.3 Å². The lowest BCUT2D eigenvalue weighted by molar-refractivity contribution is 0.0572. The Hall–Kier alpha value is -1.17. The maximum Gasteiger partial charge on any atom is 0.255 e. The average Bonchev–Trinajstić information content (AvgIpc) is 2.58. The second-order valence-corrected chi connectivity index (χ2v) is 4.38. The molecule has 1 amide bonds. The van der Waals surface area contributed by atoms with Crippen LogP contribution >= 0.6 is 11.6 Å². The number of rotatable bonds is 1. The van der Waals surface area contributed by atoms with Crippen LogP contribution in [0.15, 0.2) is 18.2 Å². The first-order valence-electron chi connectivity index (χ1n) is 5.09. The molecular formula is C11H11ClFNO3. The highest BCUT2D eigenvalue weighted by molar-refractivity contribution is 6.33. The first-order valence-corrected chi connectivity index (χ1v) is 5.47. The Morgan fingerprint density at radius 3 is 2.47 bits per heavy atom. The lowest BCUT2D eigenvalue weighted by atomic mass is 10.2. The van der Waals surface area contributed by atoms with E-state index in [0.29, 0.717) is 0 Å². The SMILES string of the molecule is O=C(c1ccc(F)cc1Cl)N1CC(O)C(O)C1. The lowest BCUT2D eigenvalue weighted by Crippen LogP contribution is -2.30. The van der Waals surface area contributed by atoms with Crippen LogP contribution in [-0.2, 0) is 0 Å². The molecule has 1 aromatic carbocycles. The molecule has 0 radical (unpaired) electrons. The van der Waals surface area contributed by atoms with Crippen LogP contribution in [0, 0.1) is 5.82 Å². The second kappa shape index (κ2) is 4.60. The topological polar surface area (TPSA) is 60.8 Å². The van der Waals surface area contributed by atoms with Gasteiger partial charge in [0, 0.05) is 13.1 Å². The summed E-state index contributed by atoms with van der Waals surface area (Å²) in [5.41, 5.74) is 0.161. The fraction of sp³-hybridized carbons (Fsp3) is 0.364. The molecule has 0 saturated carbocycles. The normalized spacial score (nSPS) is 24.1. The van der Waals surface area contributed by atoms with Crippen LogP contribution in [0.25, 0.3) is 0 Å². The number of carbonyl (C=O) groups is 1. The van der Waals surface area contributed by atoms with E-state index < -0.39 is 23.9 Å². The molecule has 2 unspecified atom stereocenters. The Kier molecular flexibility index (Phi) is 3.33. The molecule has 0 spiro atoms. The number of carbonyl (C=O) groups excluding carboxylic acids is 1. The zero-order valence-electron chi connectivity index (χ0n) is 8.81. The van der Waals surface area contributed by atoms with Crippen molar-refractivity contribution in [3.8, 4) is 0 Å². The van der Waals surface area contributed by atoms with Crippen molar-refractivity contribution >= 4 is 17.5 Å². The zero-order chi connectivity index (χ0) is 12.6. The van der Waals surface area contributed by atoms with Crippen molar-refractivity contribution in [1.82, 2.24) is 4.90 Å². The van der Waals surface area contributed by atoms with Crippen LogP contribution in [0.5, 0.6) is 0 Å². The quantitative estimate of drug-likeness (QED) is 0.779.